The van der Waals surface area contributed by atoms with Crippen molar-refractivity contribution in [3.05, 3.63) is 57.5 Å². The normalized spacial score (nSPS) is 19.7. The highest BCUT2D eigenvalue weighted by Gasteiger charge is 2.36. The van der Waals surface area contributed by atoms with Crippen LogP contribution in [0.3, 0.4) is 0 Å². The van der Waals surface area contributed by atoms with E-state index >= 15 is 0 Å². The molecule has 0 N–H and O–H groups in total. The summed E-state index contributed by atoms with van der Waals surface area (Å²) in [7, 11) is 0. The van der Waals surface area contributed by atoms with Crippen LogP contribution >= 0.6 is 11.3 Å². The van der Waals surface area contributed by atoms with Gasteiger partial charge in [-0.15, -0.1) is 11.3 Å². The molecule has 1 fully saturated rings. The van der Waals surface area contributed by atoms with Gasteiger partial charge in [0.15, 0.2) is 0 Å². The van der Waals surface area contributed by atoms with Crippen molar-refractivity contribution in [1.82, 2.24) is 9.80 Å². The number of benzene rings is 1. The molecule has 3 rings (SSSR count). The quantitative estimate of drug-likeness (QED) is 0.548. The molecule has 2 heterocycles. The van der Waals surface area contributed by atoms with Gasteiger partial charge >= 0.3 is 0 Å². The number of hydrogen-bond donors (Lipinski definition) is 0. The molecule has 0 radical (unpaired) electrons. The molecule has 1 aromatic heterocycles. The number of amides is 1. The Bertz CT molecular complexity index is 847. The largest absolute Gasteiger partial charge is 0.342 e. The topological polar surface area (TPSA) is 23.6 Å². The average molecular weight is 431 g/mol. The number of rotatable bonds is 8. The molecular weight excluding hydrogens is 395 g/mol. The minimum atomic E-state index is -0.184. The molecule has 0 aliphatic carbocycles. The Labute approximate surface area is 184 Å². The van der Waals surface area contributed by atoms with E-state index < -0.39 is 0 Å². The minimum Gasteiger partial charge on any atom is -0.342 e. The number of aryl methyl sites for hydroxylation is 1. The molecule has 1 aliphatic rings. The zero-order valence-electron chi connectivity index (χ0n) is 18.9. The van der Waals surface area contributed by atoms with Gasteiger partial charge in [-0.2, -0.15) is 0 Å². The Morgan fingerprint density at radius 1 is 1.23 bits per heavy atom. The van der Waals surface area contributed by atoms with E-state index in [1.54, 1.807) is 23.5 Å². The number of carbonyl (C=O) groups is 1. The summed E-state index contributed by atoms with van der Waals surface area (Å²) >= 11 is 1.80. The molecule has 1 saturated heterocycles. The van der Waals surface area contributed by atoms with Crippen molar-refractivity contribution in [2.24, 2.45) is 17.8 Å². The summed E-state index contributed by atoms with van der Waals surface area (Å²) < 4.78 is 14.0. The number of halogens is 1. The van der Waals surface area contributed by atoms with E-state index in [1.807, 2.05) is 24.8 Å². The van der Waals surface area contributed by atoms with E-state index in [-0.39, 0.29) is 23.6 Å². The fourth-order valence-corrected chi connectivity index (χ4v) is 5.45. The first kappa shape index (κ1) is 23.0. The van der Waals surface area contributed by atoms with Crippen LogP contribution in [-0.2, 0) is 11.3 Å². The Kier molecular flexibility index (Phi) is 7.70. The molecular formula is C25H35FN2OS. The second kappa shape index (κ2) is 10.1. The predicted molar refractivity (Wildman–Crippen MR) is 123 cm³/mol. The molecule has 1 aromatic carbocycles. The number of hydrogen-bond acceptors (Lipinski definition) is 3. The molecule has 0 bridgehead atoms. The van der Waals surface area contributed by atoms with Crippen molar-refractivity contribution in [2.45, 2.75) is 47.1 Å². The van der Waals surface area contributed by atoms with Crippen LogP contribution < -0.4 is 0 Å². The summed E-state index contributed by atoms with van der Waals surface area (Å²) in [6.45, 7) is 14.7. The Morgan fingerprint density at radius 3 is 2.60 bits per heavy atom. The van der Waals surface area contributed by atoms with E-state index in [4.69, 9.17) is 0 Å². The van der Waals surface area contributed by atoms with E-state index in [0.29, 0.717) is 11.8 Å². The zero-order valence-corrected chi connectivity index (χ0v) is 19.7. The van der Waals surface area contributed by atoms with Crippen LogP contribution in [0.5, 0.6) is 0 Å². The van der Waals surface area contributed by atoms with E-state index in [2.05, 4.69) is 37.1 Å². The molecule has 0 saturated carbocycles. The Morgan fingerprint density at radius 2 is 2.00 bits per heavy atom. The van der Waals surface area contributed by atoms with E-state index in [1.165, 1.54) is 16.5 Å². The first-order valence-corrected chi connectivity index (χ1v) is 11.9. The van der Waals surface area contributed by atoms with Gasteiger partial charge in [0, 0.05) is 49.4 Å². The van der Waals surface area contributed by atoms with Gasteiger partial charge in [-0.1, -0.05) is 39.8 Å². The van der Waals surface area contributed by atoms with Gasteiger partial charge in [0.1, 0.15) is 5.82 Å². The molecule has 5 heteroatoms. The zero-order chi connectivity index (χ0) is 21.8. The summed E-state index contributed by atoms with van der Waals surface area (Å²) in [6.07, 6.45) is 0. The van der Waals surface area contributed by atoms with Crippen LogP contribution in [0.4, 0.5) is 4.39 Å². The predicted octanol–water partition coefficient (Wildman–Crippen LogP) is 5.55. The van der Waals surface area contributed by atoms with Crippen LogP contribution in [-0.4, -0.2) is 41.9 Å². The van der Waals surface area contributed by atoms with Crippen molar-refractivity contribution in [2.75, 3.05) is 26.2 Å². The number of likely N-dealkylation sites (tertiary alicyclic amines) is 1. The average Bonchev–Trinajstić information content (AvgIpc) is 3.26. The molecule has 0 unspecified atom stereocenters. The van der Waals surface area contributed by atoms with Crippen molar-refractivity contribution < 1.29 is 9.18 Å². The summed E-state index contributed by atoms with van der Waals surface area (Å²) in [6, 6.07) is 9.20. The number of thiophene rings is 1. The second-order valence-corrected chi connectivity index (χ2v) is 10.4. The lowest BCUT2D eigenvalue weighted by atomic mass is 9.88. The van der Waals surface area contributed by atoms with Gasteiger partial charge in [-0.3, -0.25) is 9.69 Å². The van der Waals surface area contributed by atoms with Crippen LogP contribution in [0.15, 0.2) is 35.7 Å². The molecule has 0 spiro atoms. The lowest BCUT2D eigenvalue weighted by Crippen LogP contribution is -2.41. The molecule has 2 atom stereocenters. The summed E-state index contributed by atoms with van der Waals surface area (Å²) in [5.41, 5.74) is 2.38. The second-order valence-electron chi connectivity index (χ2n) is 9.43. The highest BCUT2D eigenvalue weighted by Crippen LogP contribution is 2.35. The van der Waals surface area contributed by atoms with Crippen molar-refractivity contribution in [3.8, 4) is 0 Å². The first-order chi connectivity index (χ1) is 14.2. The number of carbonyl (C=O) groups excluding carboxylic acids is 1. The van der Waals surface area contributed by atoms with E-state index in [0.717, 1.165) is 38.3 Å². The third kappa shape index (κ3) is 5.70. The van der Waals surface area contributed by atoms with E-state index in [9.17, 15) is 9.18 Å². The van der Waals surface area contributed by atoms with Crippen LogP contribution in [0, 0.1) is 30.5 Å². The lowest BCUT2D eigenvalue weighted by molar-refractivity contribution is -0.135. The van der Waals surface area contributed by atoms with Crippen LogP contribution in [0.1, 0.15) is 49.6 Å². The fraction of sp³-hybridized carbons (Fsp3) is 0.560. The van der Waals surface area contributed by atoms with Crippen molar-refractivity contribution in [3.63, 3.8) is 0 Å². The lowest BCUT2D eigenvalue weighted by Gasteiger charge is -2.31. The first-order valence-electron chi connectivity index (χ1n) is 11.0. The van der Waals surface area contributed by atoms with Gasteiger partial charge in [0.25, 0.3) is 0 Å². The van der Waals surface area contributed by atoms with Crippen molar-refractivity contribution in [1.29, 1.82) is 0 Å². The van der Waals surface area contributed by atoms with Gasteiger partial charge in [-0.25, -0.2) is 4.39 Å². The molecule has 1 amide bonds. The third-order valence-corrected chi connectivity index (χ3v) is 6.98. The highest BCUT2D eigenvalue weighted by atomic mass is 32.1. The highest BCUT2D eigenvalue weighted by molar-refractivity contribution is 7.10. The molecule has 1 aliphatic heterocycles. The third-order valence-electron chi connectivity index (χ3n) is 5.97. The maximum Gasteiger partial charge on any atom is 0.225 e. The fourth-order valence-electron chi connectivity index (χ4n) is 4.50. The summed E-state index contributed by atoms with van der Waals surface area (Å²) in [5, 5.41) is 2.15. The molecule has 2 aromatic rings. The standard InChI is InChI=1S/C25H35FN2OS/c1-17(2)12-28(25(29)18(3)4)14-21-13-27(16-24-19(5)9-10-30-24)15-23(21)20-7-6-8-22(26)11-20/h6-11,17-18,21,23H,12-16H2,1-5H3/t21-,23+/m0/s1. The maximum atomic E-state index is 14.0. The molecule has 164 valence electrons. The smallest absolute Gasteiger partial charge is 0.225 e. The van der Waals surface area contributed by atoms with Gasteiger partial charge in [-0.05, 0) is 53.5 Å². The monoisotopic (exact) mass is 430 g/mol. The Balaban J connectivity index is 1.83. The van der Waals surface area contributed by atoms with Crippen molar-refractivity contribution >= 4 is 17.2 Å². The number of nitrogens with zero attached hydrogens (tertiary/aromatic N) is 2. The summed E-state index contributed by atoms with van der Waals surface area (Å²) in [5.74, 6) is 0.976. The minimum absolute atomic E-state index is 0.0114. The molecule has 3 nitrogen and oxygen atoms in total. The van der Waals surface area contributed by atoms with Gasteiger partial charge in [0.05, 0.1) is 0 Å². The molecule has 30 heavy (non-hydrogen) atoms. The summed E-state index contributed by atoms with van der Waals surface area (Å²) in [4.78, 5) is 18.8. The maximum absolute atomic E-state index is 14.0. The Hall–Kier alpha value is -1.72. The van der Waals surface area contributed by atoms with Gasteiger partial charge < -0.3 is 4.90 Å². The van der Waals surface area contributed by atoms with Crippen LogP contribution in [0.2, 0.25) is 0 Å². The van der Waals surface area contributed by atoms with Crippen LogP contribution in [0.25, 0.3) is 0 Å². The van der Waals surface area contributed by atoms with Gasteiger partial charge in [0.2, 0.25) is 5.91 Å². The SMILES string of the molecule is Cc1ccsc1CN1C[C@@H](CN(CC(C)C)C(=O)C(C)C)[C@@H](c2cccc(F)c2)C1.